The number of H-pyrrole nitrogens is 1. The second-order valence-electron chi connectivity index (χ2n) is 6.95. The number of hydrogen-bond donors (Lipinski definition) is 1. The lowest BCUT2D eigenvalue weighted by Crippen LogP contribution is -2.19. The number of para-hydroxylation sites is 2. The van der Waals surface area contributed by atoms with Crippen molar-refractivity contribution in [2.45, 2.75) is 0 Å². The highest BCUT2D eigenvalue weighted by Crippen LogP contribution is 2.29. The lowest BCUT2D eigenvalue weighted by atomic mass is 10.2. The lowest BCUT2D eigenvalue weighted by Gasteiger charge is -2.12. The molecule has 0 aliphatic rings. The Labute approximate surface area is 176 Å². The van der Waals surface area contributed by atoms with Crippen molar-refractivity contribution >= 4 is 39.0 Å². The molecule has 0 spiro atoms. The zero-order chi connectivity index (χ0) is 21.4. The van der Waals surface area contributed by atoms with Gasteiger partial charge in [0.2, 0.25) is 5.69 Å². The summed E-state index contributed by atoms with van der Waals surface area (Å²) in [5.41, 5.74) is 4.81. The van der Waals surface area contributed by atoms with E-state index >= 15 is 0 Å². The second kappa shape index (κ2) is 7.28. The van der Waals surface area contributed by atoms with Gasteiger partial charge in [-0.25, -0.2) is 9.84 Å². The van der Waals surface area contributed by atoms with E-state index < -0.39 is 4.92 Å². The molecule has 148 valence electrons. The molecule has 7 nitrogen and oxygen atoms in total. The van der Waals surface area contributed by atoms with Gasteiger partial charge in [0.1, 0.15) is 5.49 Å². The summed E-state index contributed by atoms with van der Waals surface area (Å²) in [5, 5.41) is 12.1. The van der Waals surface area contributed by atoms with Crippen molar-refractivity contribution in [1.82, 2.24) is 9.55 Å². The molecule has 0 aliphatic heterocycles. The quantitative estimate of drug-likeness (QED) is 0.234. The maximum absolute atomic E-state index is 11.1. The Kier molecular flexibility index (Phi) is 4.31. The highest BCUT2D eigenvalue weighted by Gasteiger charge is 2.15. The van der Waals surface area contributed by atoms with Crippen LogP contribution in [-0.4, -0.2) is 14.5 Å². The van der Waals surface area contributed by atoms with Crippen molar-refractivity contribution in [3.63, 3.8) is 0 Å². The largest absolute Gasteiger partial charge is 0.354 e. The van der Waals surface area contributed by atoms with Gasteiger partial charge in [-0.3, -0.25) is 10.1 Å². The predicted octanol–water partition coefficient (Wildman–Crippen LogP) is 5.80. The van der Waals surface area contributed by atoms with E-state index in [2.05, 4.69) is 9.83 Å². The molecule has 0 unspecified atom stereocenters. The number of pyridine rings is 1. The second-order valence-corrected chi connectivity index (χ2v) is 6.95. The number of nitrogens with zero attached hydrogens (tertiary/aromatic N) is 4. The Morgan fingerprint density at radius 2 is 1.65 bits per heavy atom. The monoisotopic (exact) mass is 405 g/mol. The van der Waals surface area contributed by atoms with Crippen LogP contribution < -0.4 is 5.49 Å². The molecule has 0 saturated carbocycles. The average Bonchev–Trinajstić information content (AvgIpc) is 3.17. The molecule has 0 atom stereocenters. The zero-order valence-corrected chi connectivity index (χ0v) is 16.2. The van der Waals surface area contributed by atoms with Crippen LogP contribution in [0.5, 0.6) is 0 Å². The number of benzene rings is 3. The van der Waals surface area contributed by atoms with E-state index in [9.17, 15) is 10.1 Å². The molecule has 0 radical (unpaired) electrons. The van der Waals surface area contributed by atoms with E-state index in [-0.39, 0.29) is 5.69 Å². The van der Waals surface area contributed by atoms with Gasteiger partial charge in [-0.15, -0.1) is 0 Å². The van der Waals surface area contributed by atoms with E-state index in [1.54, 1.807) is 18.2 Å². The highest BCUT2D eigenvalue weighted by atomic mass is 16.6. The normalized spacial score (nSPS) is 11.6. The van der Waals surface area contributed by atoms with E-state index in [1.807, 2.05) is 59.2 Å². The molecular formula is C24H15N5O2. The SMILES string of the molecule is [C-]#[N+]c1cc2[nH]c3ccccc3c2n(-c2ccc([N+](=O)[O-])cc2)c1=Nc1ccccc1. The maximum Gasteiger partial charge on any atom is 0.269 e. The van der Waals surface area contributed by atoms with Crippen molar-refractivity contribution in [2.24, 2.45) is 4.99 Å². The first-order valence-electron chi connectivity index (χ1n) is 9.54. The minimum atomic E-state index is -0.430. The van der Waals surface area contributed by atoms with Crippen LogP contribution in [-0.2, 0) is 0 Å². The van der Waals surface area contributed by atoms with Gasteiger partial charge in [-0.1, -0.05) is 36.4 Å². The number of aromatic amines is 1. The smallest absolute Gasteiger partial charge is 0.269 e. The maximum atomic E-state index is 11.1. The Hall–Kier alpha value is -4.70. The zero-order valence-electron chi connectivity index (χ0n) is 16.2. The molecule has 2 aromatic heterocycles. The first-order valence-corrected chi connectivity index (χ1v) is 9.54. The molecule has 1 N–H and O–H groups in total. The molecular weight excluding hydrogens is 390 g/mol. The van der Waals surface area contributed by atoms with Gasteiger partial charge in [0.15, 0.2) is 0 Å². The molecule has 2 heterocycles. The van der Waals surface area contributed by atoms with Crippen molar-refractivity contribution in [3.05, 3.63) is 112 Å². The van der Waals surface area contributed by atoms with E-state index in [0.29, 0.717) is 22.5 Å². The van der Waals surface area contributed by atoms with Crippen LogP contribution in [0.1, 0.15) is 0 Å². The van der Waals surface area contributed by atoms with Crippen molar-refractivity contribution in [3.8, 4) is 5.69 Å². The summed E-state index contributed by atoms with van der Waals surface area (Å²) in [6.45, 7) is 7.76. The van der Waals surface area contributed by atoms with Gasteiger partial charge in [-0.05, 0) is 36.4 Å². The molecule has 0 aliphatic carbocycles. The number of fused-ring (bicyclic) bond motifs is 3. The summed E-state index contributed by atoms with van der Waals surface area (Å²) in [7, 11) is 0. The lowest BCUT2D eigenvalue weighted by molar-refractivity contribution is -0.384. The number of non-ortho nitro benzene ring substituents is 1. The summed E-state index contributed by atoms with van der Waals surface area (Å²) in [5.74, 6) is 0. The Balaban J connectivity index is 1.96. The average molecular weight is 405 g/mol. The molecule has 0 saturated heterocycles. The molecule has 7 heteroatoms. The van der Waals surface area contributed by atoms with Crippen molar-refractivity contribution in [1.29, 1.82) is 0 Å². The number of nitrogens with one attached hydrogen (secondary N) is 1. The summed E-state index contributed by atoms with van der Waals surface area (Å²) >= 11 is 0. The fourth-order valence-electron chi connectivity index (χ4n) is 3.70. The predicted molar refractivity (Wildman–Crippen MR) is 120 cm³/mol. The number of nitro groups is 1. The van der Waals surface area contributed by atoms with Crippen LogP contribution in [0.3, 0.4) is 0 Å². The third kappa shape index (κ3) is 3.12. The molecule has 5 aromatic rings. The third-order valence-corrected chi connectivity index (χ3v) is 5.08. The fourth-order valence-corrected chi connectivity index (χ4v) is 3.70. The molecule has 31 heavy (non-hydrogen) atoms. The van der Waals surface area contributed by atoms with Crippen LogP contribution in [0.2, 0.25) is 0 Å². The first kappa shape index (κ1) is 18.3. The van der Waals surface area contributed by atoms with Gasteiger partial charge in [-0.2, -0.15) is 0 Å². The van der Waals surface area contributed by atoms with E-state index in [1.165, 1.54) is 12.1 Å². The van der Waals surface area contributed by atoms with Crippen molar-refractivity contribution < 1.29 is 4.92 Å². The Bertz CT molecular complexity index is 1560. The molecule has 0 amide bonds. The summed E-state index contributed by atoms with van der Waals surface area (Å²) in [6, 6.07) is 25.3. The third-order valence-electron chi connectivity index (χ3n) is 5.08. The van der Waals surface area contributed by atoms with Gasteiger partial charge in [0.05, 0.1) is 28.2 Å². The first-order chi connectivity index (χ1) is 15.2. The minimum absolute atomic E-state index is 0.00222. The Morgan fingerprint density at radius 1 is 0.935 bits per heavy atom. The standard InChI is InChI=1S/C24H15N5O2/c1-25-22-15-21-23(19-9-5-6-10-20(19)27-21)28(17-11-13-18(14-12-17)29(30)31)24(22)26-16-7-3-2-4-8-16/h2-15,27H. The van der Waals surface area contributed by atoms with Gasteiger partial charge in [0, 0.05) is 28.7 Å². The van der Waals surface area contributed by atoms with Crippen LogP contribution in [0.15, 0.2) is 89.9 Å². The molecule has 5 rings (SSSR count). The number of nitro benzene ring substituents is 1. The van der Waals surface area contributed by atoms with Gasteiger partial charge in [0.25, 0.3) is 5.69 Å². The molecule has 0 fully saturated rings. The summed E-state index contributed by atoms with van der Waals surface area (Å²) < 4.78 is 1.89. The van der Waals surface area contributed by atoms with E-state index in [0.717, 1.165) is 21.9 Å². The van der Waals surface area contributed by atoms with Crippen LogP contribution in [0.4, 0.5) is 17.1 Å². The van der Waals surface area contributed by atoms with Crippen LogP contribution in [0.25, 0.3) is 32.5 Å². The number of rotatable bonds is 3. The topological polar surface area (TPSA) is 80.6 Å². The van der Waals surface area contributed by atoms with Crippen LogP contribution in [0, 0.1) is 16.7 Å². The van der Waals surface area contributed by atoms with Crippen LogP contribution >= 0.6 is 0 Å². The highest BCUT2D eigenvalue weighted by molar-refractivity contribution is 6.06. The van der Waals surface area contributed by atoms with Crippen molar-refractivity contribution in [2.75, 3.05) is 0 Å². The minimum Gasteiger partial charge on any atom is -0.354 e. The van der Waals surface area contributed by atoms with Gasteiger partial charge >= 0.3 is 0 Å². The Morgan fingerprint density at radius 3 is 2.35 bits per heavy atom. The number of aromatic nitrogens is 2. The molecule has 0 bridgehead atoms. The van der Waals surface area contributed by atoms with E-state index in [4.69, 9.17) is 11.6 Å². The number of hydrogen-bond acceptors (Lipinski definition) is 3. The summed E-state index contributed by atoms with van der Waals surface area (Å²) in [6.07, 6.45) is 0. The summed E-state index contributed by atoms with van der Waals surface area (Å²) in [4.78, 5) is 22.6. The molecule has 3 aromatic carbocycles. The van der Waals surface area contributed by atoms with Gasteiger partial charge < -0.3 is 9.55 Å². The fraction of sp³-hybridized carbons (Fsp3) is 0.